The van der Waals surface area contributed by atoms with E-state index in [2.05, 4.69) is 20.6 Å². The van der Waals surface area contributed by atoms with Crippen molar-refractivity contribution in [3.8, 4) is 0 Å². The third-order valence-electron chi connectivity index (χ3n) is 3.99. The van der Waals surface area contributed by atoms with Gasteiger partial charge in [0, 0.05) is 44.1 Å². The van der Waals surface area contributed by atoms with Crippen LogP contribution >= 0.6 is 23.1 Å². The monoisotopic (exact) mass is 370 g/mol. The molecule has 7 heteroatoms. The van der Waals surface area contributed by atoms with Crippen LogP contribution in [0.25, 0.3) is 0 Å². The zero-order chi connectivity index (χ0) is 16.9. The average molecular weight is 371 g/mol. The summed E-state index contributed by atoms with van der Waals surface area (Å²) in [4.78, 5) is 8.53. The Hall–Kier alpha value is -0.790. The van der Waals surface area contributed by atoms with E-state index in [1.54, 1.807) is 11.3 Å². The molecule has 0 aliphatic heterocycles. The van der Waals surface area contributed by atoms with Gasteiger partial charge in [-0.25, -0.2) is 4.98 Å². The first-order valence-electron chi connectivity index (χ1n) is 8.97. The van der Waals surface area contributed by atoms with Crippen molar-refractivity contribution in [2.75, 3.05) is 32.5 Å². The minimum atomic E-state index is 0.506. The summed E-state index contributed by atoms with van der Waals surface area (Å²) in [7, 11) is 1.82. The molecular formula is C17H30N4OS2. The Balaban J connectivity index is 1.43. The summed E-state index contributed by atoms with van der Waals surface area (Å²) in [6, 6.07) is 0. The highest BCUT2D eigenvalue weighted by atomic mass is 32.2. The fourth-order valence-electron chi connectivity index (χ4n) is 2.70. The van der Waals surface area contributed by atoms with Crippen molar-refractivity contribution < 1.29 is 4.74 Å². The van der Waals surface area contributed by atoms with Crippen LogP contribution in [0.2, 0.25) is 0 Å². The zero-order valence-corrected chi connectivity index (χ0v) is 16.3. The topological polar surface area (TPSA) is 58.5 Å². The number of hydrogen-bond donors (Lipinski definition) is 2. The summed E-state index contributed by atoms with van der Waals surface area (Å²) in [6.07, 6.45) is 11.0. The van der Waals surface area contributed by atoms with Crippen LogP contribution in [0.15, 0.2) is 20.9 Å². The molecule has 1 aromatic heterocycles. The molecule has 0 amide bonds. The summed E-state index contributed by atoms with van der Waals surface area (Å²) >= 11 is 3.52. The van der Waals surface area contributed by atoms with E-state index < -0.39 is 0 Å². The summed E-state index contributed by atoms with van der Waals surface area (Å²) in [6.45, 7) is 2.68. The molecule has 0 atom stereocenters. The van der Waals surface area contributed by atoms with Crippen molar-refractivity contribution in [1.82, 2.24) is 15.6 Å². The summed E-state index contributed by atoms with van der Waals surface area (Å²) in [5, 5.41) is 8.73. The molecule has 2 N–H and O–H groups in total. The van der Waals surface area contributed by atoms with E-state index in [1.807, 2.05) is 30.4 Å². The second-order valence-corrected chi connectivity index (χ2v) is 8.15. The van der Waals surface area contributed by atoms with Gasteiger partial charge in [-0.2, -0.15) is 0 Å². The van der Waals surface area contributed by atoms with Gasteiger partial charge in [0.25, 0.3) is 0 Å². The number of aromatic nitrogens is 1. The highest BCUT2D eigenvalue weighted by Crippen LogP contribution is 2.21. The molecular weight excluding hydrogens is 340 g/mol. The maximum absolute atomic E-state index is 5.94. The van der Waals surface area contributed by atoms with Crippen LogP contribution < -0.4 is 10.6 Å². The molecule has 0 spiro atoms. The first-order valence-corrected chi connectivity index (χ1v) is 10.8. The molecule has 1 heterocycles. The predicted octanol–water partition coefficient (Wildman–Crippen LogP) is 3.53. The van der Waals surface area contributed by atoms with Gasteiger partial charge in [0.1, 0.15) is 4.34 Å². The van der Waals surface area contributed by atoms with Gasteiger partial charge < -0.3 is 15.4 Å². The van der Waals surface area contributed by atoms with Crippen LogP contribution in [-0.2, 0) is 4.74 Å². The molecule has 0 aromatic carbocycles. The largest absolute Gasteiger partial charge is 0.378 e. The lowest BCUT2D eigenvalue weighted by atomic mass is 9.98. The number of guanidine groups is 1. The van der Waals surface area contributed by atoms with Crippen molar-refractivity contribution in [2.45, 2.75) is 55.4 Å². The van der Waals surface area contributed by atoms with Crippen LogP contribution in [0.4, 0.5) is 0 Å². The van der Waals surface area contributed by atoms with E-state index in [9.17, 15) is 0 Å². The summed E-state index contributed by atoms with van der Waals surface area (Å²) < 4.78 is 7.09. The molecule has 1 fully saturated rings. The standard InChI is InChI=1S/C17H30N4OS2/c1-18-16(20-10-6-13-23-17-21-11-14-24-17)19-9-5-12-22-15-7-3-2-4-8-15/h11,14-15H,2-10,12-13H2,1H3,(H2,18,19,20). The SMILES string of the molecule is CN=C(NCCCOC1CCCCC1)NCCCSc1nccs1. The number of rotatable bonds is 10. The van der Waals surface area contributed by atoms with Crippen molar-refractivity contribution in [3.05, 3.63) is 11.6 Å². The predicted molar refractivity (Wildman–Crippen MR) is 104 cm³/mol. The van der Waals surface area contributed by atoms with E-state index in [-0.39, 0.29) is 0 Å². The number of ether oxygens (including phenoxy) is 1. The third kappa shape index (κ3) is 8.35. The lowest BCUT2D eigenvalue weighted by molar-refractivity contribution is 0.0277. The van der Waals surface area contributed by atoms with Gasteiger partial charge >= 0.3 is 0 Å². The van der Waals surface area contributed by atoms with E-state index in [1.165, 1.54) is 32.1 Å². The zero-order valence-electron chi connectivity index (χ0n) is 14.6. The minimum Gasteiger partial charge on any atom is -0.378 e. The summed E-state index contributed by atoms with van der Waals surface area (Å²) in [5.41, 5.74) is 0. The smallest absolute Gasteiger partial charge is 0.190 e. The molecule has 24 heavy (non-hydrogen) atoms. The van der Waals surface area contributed by atoms with E-state index in [0.29, 0.717) is 6.10 Å². The molecule has 136 valence electrons. The fraction of sp³-hybridized carbons (Fsp3) is 0.765. The van der Waals surface area contributed by atoms with E-state index >= 15 is 0 Å². The van der Waals surface area contributed by atoms with Crippen LogP contribution in [0, 0.1) is 0 Å². The van der Waals surface area contributed by atoms with Crippen LogP contribution in [-0.4, -0.2) is 49.5 Å². The van der Waals surface area contributed by atoms with Crippen LogP contribution in [0.1, 0.15) is 44.9 Å². The number of thioether (sulfide) groups is 1. The highest BCUT2D eigenvalue weighted by molar-refractivity contribution is 8.00. The normalized spacial score (nSPS) is 16.3. The lowest BCUT2D eigenvalue weighted by Gasteiger charge is -2.22. The maximum Gasteiger partial charge on any atom is 0.190 e. The number of nitrogens with one attached hydrogen (secondary N) is 2. The Bertz CT molecular complexity index is 447. The Morgan fingerprint density at radius 1 is 1.29 bits per heavy atom. The molecule has 1 aromatic rings. The first kappa shape index (κ1) is 19.5. The molecule has 0 radical (unpaired) electrons. The van der Waals surface area contributed by atoms with Crippen molar-refractivity contribution >= 4 is 29.1 Å². The second-order valence-electron chi connectivity index (χ2n) is 5.91. The van der Waals surface area contributed by atoms with Gasteiger partial charge in [0.2, 0.25) is 0 Å². The quantitative estimate of drug-likeness (QED) is 0.286. The van der Waals surface area contributed by atoms with Gasteiger partial charge in [-0.1, -0.05) is 31.0 Å². The minimum absolute atomic E-state index is 0.506. The molecule has 1 aliphatic carbocycles. The van der Waals surface area contributed by atoms with Crippen molar-refractivity contribution in [2.24, 2.45) is 4.99 Å². The molecule has 2 rings (SSSR count). The first-order chi connectivity index (χ1) is 11.9. The Morgan fingerprint density at radius 3 is 2.79 bits per heavy atom. The van der Waals surface area contributed by atoms with Gasteiger partial charge in [-0.15, -0.1) is 11.3 Å². The Kier molecular flexibility index (Phi) is 10.2. The van der Waals surface area contributed by atoms with Gasteiger partial charge in [-0.05, 0) is 25.7 Å². The molecule has 0 unspecified atom stereocenters. The molecule has 0 saturated heterocycles. The fourth-order valence-corrected chi connectivity index (χ4v) is 4.35. The van der Waals surface area contributed by atoms with Gasteiger partial charge in [0.05, 0.1) is 6.10 Å². The molecule has 0 bridgehead atoms. The van der Waals surface area contributed by atoms with Crippen LogP contribution in [0.5, 0.6) is 0 Å². The lowest BCUT2D eigenvalue weighted by Crippen LogP contribution is -2.38. The molecule has 5 nitrogen and oxygen atoms in total. The van der Waals surface area contributed by atoms with Crippen LogP contribution in [0.3, 0.4) is 0 Å². The number of aliphatic imine (C=N–C) groups is 1. The summed E-state index contributed by atoms with van der Waals surface area (Å²) in [5.74, 6) is 1.96. The Labute approximate surface area is 154 Å². The highest BCUT2D eigenvalue weighted by Gasteiger charge is 2.12. The molecule has 1 aliphatic rings. The number of thiazole rings is 1. The average Bonchev–Trinajstić information content (AvgIpc) is 3.14. The van der Waals surface area contributed by atoms with Gasteiger partial charge in [0.15, 0.2) is 5.96 Å². The van der Waals surface area contributed by atoms with E-state index in [4.69, 9.17) is 4.74 Å². The van der Waals surface area contributed by atoms with E-state index in [0.717, 1.165) is 48.6 Å². The number of nitrogens with zero attached hydrogens (tertiary/aromatic N) is 2. The number of hydrogen-bond acceptors (Lipinski definition) is 5. The Morgan fingerprint density at radius 2 is 2.08 bits per heavy atom. The molecule has 1 saturated carbocycles. The van der Waals surface area contributed by atoms with Crippen molar-refractivity contribution in [3.63, 3.8) is 0 Å². The second kappa shape index (κ2) is 12.6. The van der Waals surface area contributed by atoms with Crippen molar-refractivity contribution in [1.29, 1.82) is 0 Å². The van der Waals surface area contributed by atoms with Gasteiger partial charge in [-0.3, -0.25) is 4.99 Å². The third-order valence-corrected chi connectivity index (χ3v) is 6.04. The maximum atomic E-state index is 5.94.